The molecule has 4 heteroatoms. The Morgan fingerprint density at radius 1 is 1.50 bits per heavy atom. The first-order chi connectivity index (χ1) is 5.68. The van der Waals surface area contributed by atoms with Crippen LogP contribution >= 0.6 is 0 Å². The molecule has 0 rings (SSSR count). The van der Waals surface area contributed by atoms with Crippen LogP contribution in [0, 0.1) is 5.92 Å². The van der Waals surface area contributed by atoms with Crippen LogP contribution in [0.25, 0.3) is 0 Å². The van der Waals surface area contributed by atoms with E-state index in [1.807, 2.05) is 0 Å². The van der Waals surface area contributed by atoms with Crippen molar-refractivity contribution in [2.24, 2.45) is 5.92 Å². The minimum Gasteiger partial charge on any atom is -0.481 e. The second-order valence-corrected chi connectivity index (χ2v) is 2.66. The van der Waals surface area contributed by atoms with Gasteiger partial charge in [-0.15, -0.1) is 0 Å². The SMILES string of the molecule is COCCCOCC(C)C(=O)O. The first-order valence-corrected chi connectivity index (χ1v) is 3.98. The highest BCUT2D eigenvalue weighted by atomic mass is 16.5. The molecule has 0 heterocycles. The first-order valence-electron chi connectivity index (χ1n) is 3.98. The van der Waals surface area contributed by atoms with Crippen LogP contribution in [0.4, 0.5) is 0 Å². The first kappa shape index (κ1) is 11.4. The van der Waals surface area contributed by atoms with E-state index >= 15 is 0 Å². The van der Waals surface area contributed by atoms with Gasteiger partial charge in [0.25, 0.3) is 0 Å². The van der Waals surface area contributed by atoms with Gasteiger partial charge in [0, 0.05) is 20.3 Å². The molecule has 0 aromatic carbocycles. The van der Waals surface area contributed by atoms with Crippen LogP contribution in [0.3, 0.4) is 0 Å². The maximum atomic E-state index is 10.3. The number of methoxy groups -OCH3 is 1. The summed E-state index contributed by atoms with van der Waals surface area (Å²) in [5.74, 6) is -1.24. The van der Waals surface area contributed by atoms with E-state index in [2.05, 4.69) is 0 Å². The predicted molar refractivity (Wildman–Crippen MR) is 44.1 cm³/mol. The minimum absolute atomic E-state index is 0.277. The molecule has 72 valence electrons. The largest absolute Gasteiger partial charge is 0.481 e. The third-order valence-electron chi connectivity index (χ3n) is 1.43. The molecule has 0 fully saturated rings. The average molecular weight is 176 g/mol. The molecule has 0 amide bonds. The van der Waals surface area contributed by atoms with Gasteiger partial charge in [-0.2, -0.15) is 0 Å². The number of hydrogen-bond acceptors (Lipinski definition) is 3. The fourth-order valence-electron chi connectivity index (χ4n) is 0.637. The lowest BCUT2D eigenvalue weighted by Crippen LogP contribution is -2.16. The van der Waals surface area contributed by atoms with Gasteiger partial charge in [0.05, 0.1) is 12.5 Å². The van der Waals surface area contributed by atoms with E-state index in [9.17, 15) is 4.79 Å². The van der Waals surface area contributed by atoms with Gasteiger partial charge in [-0.05, 0) is 13.3 Å². The zero-order chi connectivity index (χ0) is 9.40. The van der Waals surface area contributed by atoms with Crippen LogP contribution in [0.1, 0.15) is 13.3 Å². The van der Waals surface area contributed by atoms with Crippen LogP contribution < -0.4 is 0 Å². The van der Waals surface area contributed by atoms with Gasteiger partial charge in [-0.3, -0.25) is 4.79 Å². The summed E-state index contributed by atoms with van der Waals surface area (Å²) >= 11 is 0. The lowest BCUT2D eigenvalue weighted by molar-refractivity contribution is -0.143. The molecule has 0 saturated heterocycles. The maximum absolute atomic E-state index is 10.3. The number of hydrogen-bond donors (Lipinski definition) is 1. The van der Waals surface area contributed by atoms with Crippen molar-refractivity contribution < 1.29 is 19.4 Å². The van der Waals surface area contributed by atoms with E-state index in [0.29, 0.717) is 13.2 Å². The number of carbonyl (C=O) groups is 1. The van der Waals surface area contributed by atoms with Crippen LogP contribution in [0.15, 0.2) is 0 Å². The van der Waals surface area contributed by atoms with Crippen LogP contribution in [0.5, 0.6) is 0 Å². The van der Waals surface area contributed by atoms with E-state index in [4.69, 9.17) is 14.6 Å². The Balaban J connectivity index is 3.14. The van der Waals surface area contributed by atoms with Gasteiger partial charge in [0.15, 0.2) is 0 Å². The number of carboxylic acids is 1. The summed E-state index contributed by atoms with van der Waals surface area (Å²) in [6.07, 6.45) is 0.808. The third-order valence-corrected chi connectivity index (χ3v) is 1.43. The molecular weight excluding hydrogens is 160 g/mol. The Bertz CT molecular complexity index is 124. The third kappa shape index (κ3) is 6.12. The van der Waals surface area contributed by atoms with Crippen molar-refractivity contribution >= 4 is 5.97 Å². The average Bonchev–Trinajstić information content (AvgIpc) is 2.03. The molecule has 0 aromatic heterocycles. The Kier molecular flexibility index (Phi) is 6.70. The number of aliphatic carboxylic acids is 1. The number of rotatable bonds is 7. The summed E-state index contributed by atoms with van der Waals surface area (Å²) in [5, 5.41) is 8.48. The summed E-state index contributed by atoms with van der Waals surface area (Å²) in [7, 11) is 1.62. The van der Waals surface area contributed by atoms with Gasteiger partial charge < -0.3 is 14.6 Å². The van der Waals surface area contributed by atoms with E-state index in [1.165, 1.54) is 0 Å². The molecule has 1 N–H and O–H groups in total. The Labute approximate surface area is 72.5 Å². The molecule has 1 atom stereocenters. The Morgan fingerprint density at radius 2 is 2.17 bits per heavy atom. The fraction of sp³-hybridized carbons (Fsp3) is 0.875. The normalized spacial score (nSPS) is 12.8. The highest BCUT2D eigenvalue weighted by molar-refractivity contribution is 5.69. The smallest absolute Gasteiger partial charge is 0.308 e. The summed E-state index contributed by atoms with van der Waals surface area (Å²) in [5.41, 5.74) is 0. The molecule has 12 heavy (non-hydrogen) atoms. The maximum Gasteiger partial charge on any atom is 0.308 e. The second-order valence-electron chi connectivity index (χ2n) is 2.66. The lowest BCUT2D eigenvalue weighted by atomic mass is 10.2. The highest BCUT2D eigenvalue weighted by Crippen LogP contribution is 1.95. The molecule has 1 unspecified atom stereocenters. The molecule has 0 radical (unpaired) electrons. The second kappa shape index (κ2) is 7.06. The van der Waals surface area contributed by atoms with Gasteiger partial charge in [0.1, 0.15) is 0 Å². The van der Waals surface area contributed by atoms with Crippen molar-refractivity contribution in [1.29, 1.82) is 0 Å². The Hall–Kier alpha value is -0.610. The van der Waals surface area contributed by atoms with Gasteiger partial charge in [-0.1, -0.05) is 0 Å². The zero-order valence-corrected chi connectivity index (χ0v) is 7.58. The van der Waals surface area contributed by atoms with Crippen molar-refractivity contribution in [3.63, 3.8) is 0 Å². The van der Waals surface area contributed by atoms with Crippen molar-refractivity contribution in [1.82, 2.24) is 0 Å². The molecule has 0 aliphatic heterocycles. The van der Waals surface area contributed by atoms with Crippen LogP contribution in [0.2, 0.25) is 0 Å². The molecular formula is C8H16O4. The van der Waals surface area contributed by atoms with Crippen LogP contribution in [-0.2, 0) is 14.3 Å². The molecule has 0 aliphatic carbocycles. The molecule has 0 bridgehead atoms. The summed E-state index contributed by atoms with van der Waals surface area (Å²) in [6.45, 7) is 3.12. The molecule has 0 aromatic rings. The Morgan fingerprint density at radius 3 is 2.67 bits per heavy atom. The molecule has 4 nitrogen and oxygen atoms in total. The van der Waals surface area contributed by atoms with Crippen molar-refractivity contribution in [3.8, 4) is 0 Å². The van der Waals surface area contributed by atoms with Crippen molar-refractivity contribution in [3.05, 3.63) is 0 Å². The number of ether oxygens (including phenoxy) is 2. The summed E-state index contributed by atoms with van der Waals surface area (Å²) in [6, 6.07) is 0. The fourth-order valence-corrected chi connectivity index (χ4v) is 0.637. The highest BCUT2D eigenvalue weighted by Gasteiger charge is 2.09. The number of carboxylic acid groups (broad SMARTS) is 1. The minimum atomic E-state index is -0.818. The van der Waals surface area contributed by atoms with Gasteiger partial charge in [0.2, 0.25) is 0 Å². The zero-order valence-electron chi connectivity index (χ0n) is 7.58. The van der Waals surface area contributed by atoms with E-state index < -0.39 is 11.9 Å². The van der Waals surface area contributed by atoms with E-state index in [1.54, 1.807) is 14.0 Å². The van der Waals surface area contributed by atoms with Gasteiger partial charge >= 0.3 is 5.97 Å². The predicted octanol–water partition coefficient (Wildman–Crippen LogP) is 0.760. The van der Waals surface area contributed by atoms with E-state index in [-0.39, 0.29) is 6.61 Å². The van der Waals surface area contributed by atoms with Crippen molar-refractivity contribution in [2.45, 2.75) is 13.3 Å². The van der Waals surface area contributed by atoms with E-state index in [0.717, 1.165) is 6.42 Å². The summed E-state index contributed by atoms with van der Waals surface area (Å²) in [4.78, 5) is 10.3. The monoisotopic (exact) mass is 176 g/mol. The molecule has 0 saturated carbocycles. The van der Waals surface area contributed by atoms with Crippen molar-refractivity contribution in [2.75, 3.05) is 26.9 Å². The molecule has 0 aliphatic rings. The lowest BCUT2D eigenvalue weighted by Gasteiger charge is -2.06. The molecule has 0 spiro atoms. The van der Waals surface area contributed by atoms with Crippen LogP contribution in [-0.4, -0.2) is 38.0 Å². The summed E-state index contributed by atoms with van der Waals surface area (Å²) < 4.78 is 9.90. The standard InChI is InChI=1S/C8H16O4/c1-7(8(9)10)6-12-5-3-4-11-2/h7H,3-6H2,1-2H3,(H,9,10). The van der Waals surface area contributed by atoms with Gasteiger partial charge in [-0.25, -0.2) is 0 Å². The quantitative estimate of drug-likeness (QED) is 0.582. The topological polar surface area (TPSA) is 55.8 Å².